The number of hydrogen-bond donors (Lipinski definition) is 2. The molecule has 0 fully saturated rings. The fourth-order valence-electron chi connectivity index (χ4n) is 0.689. The van der Waals surface area contributed by atoms with E-state index in [1.165, 1.54) is 14.2 Å². The monoisotopic (exact) mass is 177 g/mol. The van der Waals surface area contributed by atoms with E-state index in [1.54, 1.807) is 0 Å². The predicted octanol–water partition coefficient (Wildman–Crippen LogP) is -0.260. The summed E-state index contributed by atoms with van der Waals surface area (Å²) in [4.78, 5) is 10.5. The smallest absolute Gasteiger partial charge is 0.406 e. The third kappa shape index (κ3) is 5.94. The summed E-state index contributed by atoms with van der Waals surface area (Å²) in [7, 11) is 2.80. The third-order valence-corrected chi connectivity index (χ3v) is 1.29. The summed E-state index contributed by atoms with van der Waals surface area (Å²) >= 11 is 0. The molecule has 0 radical (unpaired) electrons. The summed E-state index contributed by atoms with van der Waals surface area (Å²) < 4.78 is 9.02. The Morgan fingerprint density at radius 1 is 1.58 bits per heavy atom. The molecule has 72 valence electrons. The zero-order valence-electron chi connectivity index (χ0n) is 7.37. The van der Waals surface area contributed by atoms with Crippen molar-refractivity contribution in [3.05, 3.63) is 0 Å². The van der Waals surface area contributed by atoms with Crippen molar-refractivity contribution in [1.29, 1.82) is 0 Å². The second-order valence-corrected chi connectivity index (χ2v) is 2.32. The molecule has 0 aliphatic heterocycles. The molecule has 12 heavy (non-hydrogen) atoms. The van der Waals surface area contributed by atoms with Crippen LogP contribution in [0.1, 0.15) is 6.42 Å². The zero-order chi connectivity index (χ0) is 9.40. The molecular formula is C7H15NO4. The fourth-order valence-corrected chi connectivity index (χ4v) is 0.689. The Bertz CT molecular complexity index is 129. The summed E-state index contributed by atoms with van der Waals surface area (Å²) in [5, 5.41) is 11.6. The van der Waals surface area contributed by atoms with Gasteiger partial charge >= 0.3 is 6.09 Å². The maximum absolute atomic E-state index is 10.5. The van der Waals surface area contributed by atoms with Crippen molar-refractivity contribution < 1.29 is 19.4 Å². The predicted molar refractivity (Wildman–Crippen MR) is 42.9 cm³/mol. The minimum atomic E-state index is -0.535. The number of alkyl carbamates (subject to hydrolysis) is 1. The topological polar surface area (TPSA) is 67.8 Å². The molecule has 0 heterocycles. The van der Waals surface area contributed by atoms with E-state index in [1.807, 2.05) is 0 Å². The second-order valence-electron chi connectivity index (χ2n) is 2.32. The molecule has 0 rings (SSSR count). The molecule has 5 nitrogen and oxygen atoms in total. The number of nitrogens with one attached hydrogen (secondary N) is 1. The molecule has 1 unspecified atom stereocenters. The molecule has 0 aromatic carbocycles. The number of amides is 1. The molecule has 1 atom stereocenters. The Kier molecular flexibility index (Phi) is 6.41. The molecule has 5 heteroatoms. The largest absolute Gasteiger partial charge is 0.453 e. The van der Waals surface area contributed by atoms with Crippen molar-refractivity contribution in [2.24, 2.45) is 0 Å². The maximum atomic E-state index is 10.5. The van der Waals surface area contributed by atoms with Crippen LogP contribution in [0.2, 0.25) is 0 Å². The van der Waals surface area contributed by atoms with Crippen LogP contribution >= 0.6 is 0 Å². The number of carbonyl (C=O) groups is 1. The van der Waals surface area contributed by atoms with E-state index in [2.05, 4.69) is 10.1 Å². The lowest BCUT2D eigenvalue weighted by molar-refractivity contribution is 0.0593. The van der Waals surface area contributed by atoms with Crippen LogP contribution in [0.4, 0.5) is 4.79 Å². The second kappa shape index (κ2) is 6.87. The number of aliphatic hydroxyl groups is 1. The van der Waals surface area contributed by atoms with E-state index in [0.29, 0.717) is 13.0 Å². The lowest BCUT2D eigenvalue weighted by Gasteiger charge is -2.08. The van der Waals surface area contributed by atoms with Crippen LogP contribution < -0.4 is 5.32 Å². The van der Waals surface area contributed by atoms with Gasteiger partial charge in [-0.25, -0.2) is 4.79 Å². The number of hydrogen-bond acceptors (Lipinski definition) is 4. The van der Waals surface area contributed by atoms with E-state index >= 15 is 0 Å². The number of rotatable bonds is 5. The first-order chi connectivity index (χ1) is 5.70. The molecule has 0 saturated heterocycles. The summed E-state index contributed by atoms with van der Waals surface area (Å²) in [6.07, 6.45) is -0.560. The van der Waals surface area contributed by atoms with Crippen molar-refractivity contribution in [3.63, 3.8) is 0 Å². The molecule has 0 saturated carbocycles. The van der Waals surface area contributed by atoms with Gasteiger partial charge in [-0.15, -0.1) is 0 Å². The minimum Gasteiger partial charge on any atom is -0.453 e. The number of carbonyl (C=O) groups excluding carboxylic acids is 1. The van der Waals surface area contributed by atoms with Gasteiger partial charge in [-0.3, -0.25) is 0 Å². The van der Waals surface area contributed by atoms with Crippen LogP contribution in [-0.2, 0) is 9.47 Å². The molecule has 0 aliphatic rings. The molecule has 2 N–H and O–H groups in total. The molecule has 0 aromatic rings. The van der Waals surface area contributed by atoms with Gasteiger partial charge in [0.05, 0.1) is 19.8 Å². The van der Waals surface area contributed by atoms with Crippen LogP contribution in [0.25, 0.3) is 0 Å². The first-order valence-electron chi connectivity index (χ1n) is 3.69. The zero-order valence-corrected chi connectivity index (χ0v) is 7.37. The Hall–Kier alpha value is -0.810. The number of ether oxygens (including phenoxy) is 2. The van der Waals surface area contributed by atoms with Crippen LogP contribution in [0.15, 0.2) is 0 Å². The van der Waals surface area contributed by atoms with E-state index in [4.69, 9.17) is 9.84 Å². The van der Waals surface area contributed by atoms with Gasteiger partial charge in [-0.1, -0.05) is 0 Å². The van der Waals surface area contributed by atoms with Crippen LogP contribution in [0.3, 0.4) is 0 Å². The summed E-state index contributed by atoms with van der Waals surface area (Å²) in [6, 6.07) is 0. The van der Waals surface area contributed by atoms with Crippen molar-refractivity contribution in [2.75, 3.05) is 27.4 Å². The highest BCUT2D eigenvalue weighted by Crippen LogP contribution is 1.89. The third-order valence-electron chi connectivity index (χ3n) is 1.29. The van der Waals surface area contributed by atoms with E-state index in [9.17, 15) is 4.79 Å². The van der Waals surface area contributed by atoms with Crippen molar-refractivity contribution in [2.45, 2.75) is 12.5 Å². The summed E-state index contributed by atoms with van der Waals surface area (Å²) in [5.74, 6) is 0. The Balaban J connectivity index is 3.24. The minimum absolute atomic E-state index is 0.281. The molecule has 0 aliphatic carbocycles. The highest BCUT2D eigenvalue weighted by molar-refractivity contribution is 5.66. The van der Waals surface area contributed by atoms with Crippen molar-refractivity contribution >= 4 is 6.09 Å². The van der Waals surface area contributed by atoms with E-state index in [0.717, 1.165) is 0 Å². The maximum Gasteiger partial charge on any atom is 0.406 e. The van der Waals surface area contributed by atoms with Crippen molar-refractivity contribution in [1.82, 2.24) is 5.32 Å². The number of aliphatic hydroxyl groups excluding tert-OH is 1. The van der Waals surface area contributed by atoms with Gasteiger partial charge in [0.2, 0.25) is 0 Å². The average Bonchev–Trinajstić information content (AvgIpc) is 2.04. The number of methoxy groups -OCH3 is 2. The first-order valence-corrected chi connectivity index (χ1v) is 3.69. The van der Waals surface area contributed by atoms with Gasteiger partial charge in [0.15, 0.2) is 0 Å². The van der Waals surface area contributed by atoms with Gasteiger partial charge < -0.3 is 19.9 Å². The molecule has 1 amide bonds. The van der Waals surface area contributed by atoms with Gasteiger partial charge in [-0.05, 0) is 6.42 Å². The SMILES string of the molecule is COCC(O)CCNC(=O)OC. The first kappa shape index (κ1) is 11.2. The van der Waals surface area contributed by atoms with Crippen LogP contribution in [0, 0.1) is 0 Å². The van der Waals surface area contributed by atoms with Gasteiger partial charge in [0.25, 0.3) is 0 Å². The van der Waals surface area contributed by atoms with Gasteiger partial charge in [0.1, 0.15) is 0 Å². The molecule has 0 spiro atoms. The van der Waals surface area contributed by atoms with Gasteiger partial charge in [0, 0.05) is 13.7 Å². The highest BCUT2D eigenvalue weighted by atomic mass is 16.5. The fraction of sp³-hybridized carbons (Fsp3) is 0.857. The molecule has 0 aromatic heterocycles. The van der Waals surface area contributed by atoms with E-state index in [-0.39, 0.29) is 6.61 Å². The van der Waals surface area contributed by atoms with Crippen LogP contribution in [-0.4, -0.2) is 44.7 Å². The lowest BCUT2D eigenvalue weighted by Crippen LogP contribution is -2.28. The Morgan fingerprint density at radius 2 is 2.25 bits per heavy atom. The van der Waals surface area contributed by atoms with E-state index < -0.39 is 12.2 Å². The molecule has 0 bridgehead atoms. The lowest BCUT2D eigenvalue weighted by atomic mass is 10.3. The van der Waals surface area contributed by atoms with Crippen molar-refractivity contribution in [3.8, 4) is 0 Å². The quantitative estimate of drug-likeness (QED) is 0.607. The normalized spacial score (nSPS) is 12.2. The summed E-state index contributed by atoms with van der Waals surface area (Å²) in [6.45, 7) is 0.667. The standard InChI is InChI=1S/C7H15NO4/c1-11-5-6(9)3-4-8-7(10)12-2/h6,9H,3-5H2,1-2H3,(H,8,10). The highest BCUT2D eigenvalue weighted by Gasteiger charge is 2.03. The Morgan fingerprint density at radius 3 is 2.75 bits per heavy atom. The van der Waals surface area contributed by atoms with Crippen LogP contribution in [0.5, 0.6) is 0 Å². The van der Waals surface area contributed by atoms with Gasteiger partial charge in [-0.2, -0.15) is 0 Å². The molecular weight excluding hydrogens is 162 g/mol. The summed E-state index contributed by atoms with van der Waals surface area (Å²) in [5.41, 5.74) is 0. The average molecular weight is 177 g/mol. The Labute approximate surface area is 71.7 Å².